The molecule has 1 fully saturated rings. The highest BCUT2D eigenvalue weighted by molar-refractivity contribution is 6.16. The molecule has 3 heteroatoms. The SMILES string of the molecule is CC1CCCCCC1n1cncc1CCl. The molecule has 1 aromatic heterocycles. The molecule has 2 rings (SSSR count). The Kier molecular flexibility index (Phi) is 3.68. The lowest BCUT2D eigenvalue weighted by Crippen LogP contribution is -2.17. The Hall–Kier alpha value is -0.500. The smallest absolute Gasteiger partial charge is 0.0951 e. The monoisotopic (exact) mass is 226 g/mol. The molecule has 2 unspecified atom stereocenters. The first-order valence-corrected chi connectivity index (χ1v) is 6.43. The van der Waals surface area contributed by atoms with Crippen LogP contribution >= 0.6 is 11.6 Å². The molecule has 0 amide bonds. The van der Waals surface area contributed by atoms with Gasteiger partial charge in [-0.25, -0.2) is 4.98 Å². The number of rotatable bonds is 2. The molecule has 0 aromatic carbocycles. The summed E-state index contributed by atoms with van der Waals surface area (Å²) in [6.07, 6.45) is 10.6. The lowest BCUT2D eigenvalue weighted by Gasteiger charge is -2.24. The van der Waals surface area contributed by atoms with Gasteiger partial charge in [0.25, 0.3) is 0 Å². The molecule has 1 saturated carbocycles. The first-order valence-electron chi connectivity index (χ1n) is 5.89. The Labute approximate surface area is 96.7 Å². The zero-order valence-electron chi connectivity index (χ0n) is 9.32. The summed E-state index contributed by atoms with van der Waals surface area (Å²) >= 11 is 5.92. The van der Waals surface area contributed by atoms with E-state index in [0.29, 0.717) is 11.9 Å². The van der Waals surface area contributed by atoms with Gasteiger partial charge in [0, 0.05) is 12.2 Å². The molecule has 0 spiro atoms. The fraction of sp³-hybridized carbons (Fsp3) is 0.750. The molecule has 0 bridgehead atoms. The molecule has 2 atom stereocenters. The van der Waals surface area contributed by atoms with Crippen molar-refractivity contribution in [3.8, 4) is 0 Å². The van der Waals surface area contributed by atoms with Crippen LogP contribution in [0.15, 0.2) is 12.5 Å². The normalized spacial score (nSPS) is 27.6. The molecular formula is C12H19ClN2. The van der Waals surface area contributed by atoms with E-state index in [4.69, 9.17) is 11.6 Å². The van der Waals surface area contributed by atoms with Gasteiger partial charge in [-0.15, -0.1) is 11.6 Å². The van der Waals surface area contributed by atoms with E-state index in [1.807, 2.05) is 12.5 Å². The van der Waals surface area contributed by atoms with Gasteiger partial charge in [0.1, 0.15) is 0 Å². The van der Waals surface area contributed by atoms with Gasteiger partial charge in [-0.3, -0.25) is 0 Å². The summed E-state index contributed by atoms with van der Waals surface area (Å²) in [5.41, 5.74) is 1.16. The second-order valence-electron chi connectivity index (χ2n) is 4.61. The minimum absolute atomic E-state index is 0.573. The Balaban J connectivity index is 2.19. The Morgan fingerprint density at radius 2 is 2.20 bits per heavy atom. The van der Waals surface area contributed by atoms with E-state index < -0.39 is 0 Å². The molecule has 84 valence electrons. The molecule has 2 nitrogen and oxygen atoms in total. The highest BCUT2D eigenvalue weighted by atomic mass is 35.5. The van der Waals surface area contributed by atoms with Crippen LogP contribution < -0.4 is 0 Å². The van der Waals surface area contributed by atoms with Gasteiger partial charge in [-0.1, -0.05) is 26.2 Å². The van der Waals surface area contributed by atoms with Crippen molar-refractivity contribution in [2.75, 3.05) is 0 Å². The molecule has 0 aliphatic heterocycles. The van der Waals surface area contributed by atoms with Gasteiger partial charge in [0.15, 0.2) is 0 Å². The molecule has 1 aliphatic rings. The Morgan fingerprint density at radius 3 is 3.00 bits per heavy atom. The summed E-state index contributed by atoms with van der Waals surface area (Å²) in [4.78, 5) is 4.21. The summed E-state index contributed by atoms with van der Waals surface area (Å²) < 4.78 is 2.29. The number of aromatic nitrogens is 2. The topological polar surface area (TPSA) is 17.8 Å². The van der Waals surface area contributed by atoms with E-state index in [1.54, 1.807) is 0 Å². The van der Waals surface area contributed by atoms with E-state index in [-0.39, 0.29) is 0 Å². The van der Waals surface area contributed by atoms with E-state index in [0.717, 1.165) is 11.6 Å². The Morgan fingerprint density at radius 1 is 1.40 bits per heavy atom. The second-order valence-corrected chi connectivity index (χ2v) is 4.88. The number of imidazole rings is 1. The van der Waals surface area contributed by atoms with Gasteiger partial charge >= 0.3 is 0 Å². The van der Waals surface area contributed by atoms with Crippen molar-refractivity contribution < 1.29 is 0 Å². The standard InChI is InChI=1S/C12H19ClN2/c1-10-5-3-2-4-6-12(10)15-9-14-8-11(15)7-13/h8-10,12H,2-7H2,1H3. The average molecular weight is 227 g/mol. The molecule has 0 N–H and O–H groups in total. The third kappa shape index (κ3) is 2.36. The predicted octanol–water partition coefficient (Wildman–Crippen LogP) is 3.76. The van der Waals surface area contributed by atoms with Crippen LogP contribution in [0.4, 0.5) is 0 Å². The lowest BCUT2D eigenvalue weighted by molar-refractivity contribution is 0.328. The lowest BCUT2D eigenvalue weighted by atomic mass is 9.96. The molecule has 0 radical (unpaired) electrons. The van der Waals surface area contributed by atoms with Crippen LogP contribution in [0.25, 0.3) is 0 Å². The first kappa shape index (κ1) is 11.0. The largest absolute Gasteiger partial charge is 0.330 e. The third-order valence-corrected chi connectivity index (χ3v) is 3.83. The van der Waals surface area contributed by atoms with Crippen LogP contribution in [0, 0.1) is 5.92 Å². The zero-order valence-corrected chi connectivity index (χ0v) is 10.1. The van der Waals surface area contributed by atoms with E-state index in [1.165, 1.54) is 32.1 Å². The van der Waals surface area contributed by atoms with Crippen LogP contribution in [0.1, 0.15) is 50.8 Å². The van der Waals surface area contributed by atoms with Crippen molar-refractivity contribution in [3.05, 3.63) is 18.2 Å². The third-order valence-electron chi connectivity index (χ3n) is 3.56. The first-order chi connectivity index (χ1) is 7.33. The molecule has 15 heavy (non-hydrogen) atoms. The van der Waals surface area contributed by atoms with Crippen LogP contribution in [-0.4, -0.2) is 9.55 Å². The van der Waals surface area contributed by atoms with Gasteiger partial charge < -0.3 is 4.57 Å². The fourth-order valence-electron chi connectivity index (χ4n) is 2.62. The van der Waals surface area contributed by atoms with E-state index in [9.17, 15) is 0 Å². The Bertz CT molecular complexity index is 308. The number of hydrogen-bond donors (Lipinski definition) is 0. The van der Waals surface area contributed by atoms with Crippen LogP contribution in [0.3, 0.4) is 0 Å². The fourth-order valence-corrected chi connectivity index (χ4v) is 2.83. The van der Waals surface area contributed by atoms with Gasteiger partial charge in [-0.05, 0) is 18.8 Å². The quantitative estimate of drug-likeness (QED) is 0.555. The van der Waals surface area contributed by atoms with Crippen molar-refractivity contribution in [3.63, 3.8) is 0 Å². The summed E-state index contributed by atoms with van der Waals surface area (Å²) in [6, 6.07) is 0.615. The van der Waals surface area contributed by atoms with Crippen LogP contribution in [0.5, 0.6) is 0 Å². The van der Waals surface area contributed by atoms with Crippen molar-refractivity contribution in [2.24, 2.45) is 5.92 Å². The number of alkyl halides is 1. The molecular weight excluding hydrogens is 208 g/mol. The minimum atomic E-state index is 0.573. The number of halogens is 1. The summed E-state index contributed by atoms with van der Waals surface area (Å²) in [5, 5.41) is 0. The van der Waals surface area contributed by atoms with Gasteiger partial charge in [0.2, 0.25) is 0 Å². The maximum atomic E-state index is 5.92. The van der Waals surface area contributed by atoms with Crippen LogP contribution in [-0.2, 0) is 5.88 Å². The average Bonchev–Trinajstić information content (AvgIpc) is 2.61. The van der Waals surface area contributed by atoms with Gasteiger partial charge in [-0.2, -0.15) is 0 Å². The maximum absolute atomic E-state index is 5.92. The summed E-state index contributed by atoms with van der Waals surface area (Å²) in [5.74, 6) is 1.33. The number of hydrogen-bond acceptors (Lipinski definition) is 1. The molecule has 1 aromatic rings. The van der Waals surface area contributed by atoms with E-state index in [2.05, 4.69) is 16.5 Å². The minimum Gasteiger partial charge on any atom is -0.330 e. The predicted molar refractivity (Wildman–Crippen MR) is 63.1 cm³/mol. The van der Waals surface area contributed by atoms with E-state index >= 15 is 0 Å². The molecule has 0 saturated heterocycles. The van der Waals surface area contributed by atoms with Gasteiger partial charge in [0.05, 0.1) is 17.9 Å². The van der Waals surface area contributed by atoms with Crippen molar-refractivity contribution in [1.29, 1.82) is 0 Å². The van der Waals surface area contributed by atoms with Crippen molar-refractivity contribution >= 4 is 11.6 Å². The zero-order chi connectivity index (χ0) is 10.7. The highest BCUT2D eigenvalue weighted by Gasteiger charge is 2.22. The van der Waals surface area contributed by atoms with Crippen LogP contribution in [0.2, 0.25) is 0 Å². The molecule has 1 heterocycles. The van der Waals surface area contributed by atoms with Crippen molar-refractivity contribution in [2.45, 2.75) is 50.9 Å². The summed E-state index contributed by atoms with van der Waals surface area (Å²) in [7, 11) is 0. The summed E-state index contributed by atoms with van der Waals surface area (Å²) in [6.45, 7) is 2.36. The number of nitrogens with zero attached hydrogens (tertiary/aromatic N) is 2. The second kappa shape index (κ2) is 5.02. The molecule has 1 aliphatic carbocycles. The highest BCUT2D eigenvalue weighted by Crippen LogP contribution is 2.33. The van der Waals surface area contributed by atoms with Crippen molar-refractivity contribution in [1.82, 2.24) is 9.55 Å². The maximum Gasteiger partial charge on any atom is 0.0951 e.